The first-order chi connectivity index (χ1) is 10.1. The fourth-order valence-electron chi connectivity index (χ4n) is 2.38. The zero-order valence-electron chi connectivity index (χ0n) is 12.1. The summed E-state index contributed by atoms with van der Waals surface area (Å²) in [6, 6.07) is 8.76. The Morgan fingerprint density at radius 3 is 3.05 bits per heavy atom. The van der Waals surface area contributed by atoms with E-state index in [1.807, 2.05) is 6.07 Å². The molecule has 0 radical (unpaired) electrons. The molecule has 1 aliphatic rings. The van der Waals surface area contributed by atoms with Crippen LogP contribution in [0.1, 0.15) is 31.7 Å². The number of hydrogen-bond acceptors (Lipinski definition) is 3. The molecule has 0 saturated carbocycles. The van der Waals surface area contributed by atoms with Crippen LogP contribution in [0.4, 0.5) is 5.69 Å². The van der Waals surface area contributed by atoms with Gasteiger partial charge in [0.2, 0.25) is 11.8 Å². The second-order valence-corrected chi connectivity index (χ2v) is 5.49. The first kappa shape index (κ1) is 15.0. The molecule has 0 aliphatic carbocycles. The van der Waals surface area contributed by atoms with Gasteiger partial charge in [-0.3, -0.25) is 9.59 Å². The summed E-state index contributed by atoms with van der Waals surface area (Å²) in [4.78, 5) is 25.6. The standard InChI is InChI=1S/C16H19N3O2/c1-12-5-6-16(21)19(8-7-12)11-15(20)18-14-4-2-3-13(9-14)10-17/h2-4,9,12H,5-8,11H2,1H3,(H,18,20). The third-order valence-corrected chi connectivity index (χ3v) is 3.71. The lowest BCUT2D eigenvalue weighted by atomic mass is 10.0. The minimum Gasteiger partial charge on any atom is -0.333 e. The van der Waals surface area contributed by atoms with Gasteiger partial charge in [0, 0.05) is 18.7 Å². The fraction of sp³-hybridized carbons (Fsp3) is 0.438. The van der Waals surface area contributed by atoms with Crippen molar-refractivity contribution in [3.63, 3.8) is 0 Å². The Bertz CT molecular complexity index is 577. The molecular formula is C16H19N3O2. The zero-order valence-corrected chi connectivity index (χ0v) is 12.1. The lowest BCUT2D eigenvalue weighted by molar-refractivity contribution is -0.134. The maximum Gasteiger partial charge on any atom is 0.243 e. The average molecular weight is 285 g/mol. The summed E-state index contributed by atoms with van der Waals surface area (Å²) >= 11 is 0. The van der Waals surface area contributed by atoms with E-state index in [0.29, 0.717) is 30.1 Å². The lowest BCUT2D eigenvalue weighted by Gasteiger charge is -2.20. The second kappa shape index (κ2) is 6.89. The van der Waals surface area contributed by atoms with E-state index < -0.39 is 0 Å². The van der Waals surface area contributed by atoms with Gasteiger partial charge in [0.1, 0.15) is 0 Å². The van der Waals surface area contributed by atoms with E-state index >= 15 is 0 Å². The van der Waals surface area contributed by atoms with Crippen LogP contribution in [0.3, 0.4) is 0 Å². The summed E-state index contributed by atoms with van der Waals surface area (Å²) < 4.78 is 0. The molecule has 0 bridgehead atoms. The van der Waals surface area contributed by atoms with E-state index in [4.69, 9.17) is 5.26 Å². The van der Waals surface area contributed by atoms with Crippen LogP contribution in [0, 0.1) is 17.2 Å². The van der Waals surface area contributed by atoms with Crippen molar-refractivity contribution in [2.75, 3.05) is 18.4 Å². The molecule has 0 spiro atoms. The molecule has 2 amide bonds. The van der Waals surface area contributed by atoms with Crippen molar-refractivity contribution in [1.82, 2.24) is 4.90 Å². The Morgan fingerprint density at radius 1 is 1.48 bits per heavy atom. The van der Waals surface area contributed by atoms with E-state index in [-0.39, 0.29) is 18.4 Å². The SMILES string of the molecule is CC1CCC(=O)N(CC(=O)Nc2cccc(C#N)c2)CC1. The van der Waals surface area contributed by atoms with E-state index in [1.165, 1.54) is 0 Å². The van der Waals surface area contributed by atoms with Crippen LogP contribution in [0.15, 0.2) is 24.3 Å². The molecule has 110 valence electrons. The van der Waals surface area contributed by atoms with Gasteiger partial charge in [0.05, 0.1) is 18.2 Å². The van der Waals surface area contributed by atoms with E-state index in [9.17, 15) is 9.59 Å². The number of nitrogens with one attached hydrogen (secondary N) is 1. The van der Waals surface area contributed by atoms with Gasteiger partial charge in [-0.25, -0.2) is 0 Å². The molecular weight excluding hydrogens is 266 g/mol. The molecule has 1 atom stereocenters. The summed E-state index contributed by atoms with van der Waals surface area (Å²) in [7, 11) is 0. The number of benzene rings is 1. The van der Waals surface area contributed by atoms with Crippen molar-refractivity contribution >= 4 is 17.5 Å². The highest BCUT2D eigenvalue weighted by Crippen LogP contribution is 2.17. The number of nitriles is 1. The van der Waals surface area contributed by atoms with E-state index in [1.54, 1.807) is 29.2 Å². The molecule has 1 unspecified atom stereocenters. The largest absolute Gasteiger partial charge is 0.333 e. The molecule has 1 saturated heterocycles. The van der Waals surface area contributed by atoms with Crippen LogP contribution < -0.4 is 5.32 Å². The molecule has 1 heterocycles. The quantitative estimate of drug-likeness (QED) is 0.924. The molecule has 1 fully saturated rings. The Balaban J connectivity index is 1.94. The number of nitrogens with zero attached hydrogens (tertiary/aromatic N) is 2. The molecule has 1 aromatic carbocycles. The van der Waals surface area contributed by atoms with Crippen LogP contribution in [0.2, 0.25) is 0 Å². The number of amides is 2. The van der Waals surface area contributed by atoms with Gasteiger partial charge < -0.3 is 10.2 Å². The molecule has 1 aliphatic heterocycles. The molecule has 21 heavy (non-hydrogen) atoms. The van der Waals surface area contributed by atoms with Crippen molar-refractivity contribution in [2.45, 2.75) is 26.2 Å². The molecule has 2 rings (SSSR count). The maximum absolute atomic E-state index is 12.0. The van der Waals surface area contributed by atoms with Gasteiger partial charge in [-0.1, -0.05) is 13.0 Å². The average Bonchev–Trinajstić information content (AvgIpc) is 2.63. The third kappa shape index (κ3) is 4.32. The van der Waals surface area contributed by atoms with Crippen molar-refractivity contribution in [3.8, 4) is 6.07 Å². The van der Waals surface area contributed by atoms with Crippen molar-refractivity contribution < 1.29 is 9.59 Å². The topological polar surface area (TPSA) is 73.2 Å². The normalized spacial score (nSPS) is 18.8. The minimum atomic E-state index is -0.229. The monoisotopic (exact) mass is 285 g/mol. The Labute approximate surface area is 124 Å². The van der Waals surface area contributed by atoms with Gasteiger partial charge in [-0.2, -0.15) is 5.26 Å². The van der Waals surface area contributed by atoms with E-state index in [0.717, 1.165) is 12.8 Å². The van der Waals surface area contributed by atoms with Crippen LogP contribution in [-0.2, 0) is 9.59 Å². The van der Waals surface area contributed by atoms with Crippen LogP contribution in [0.5, 0.6) is 0 Å². The number of likely N-dealkylation sites (tertiary alicyclic amines) is 1. The highest BCUT2D eigenvalue weighted by molar-refractivity contribution is 5.94. The zero-order chi connectivity index (χ0) is 15.2. The lowest BCUT2D eigenvalue weighted by Crippen LogP contribution is -2.37. The van der Waals surface area contributed by atoms with Gasteiger partial charge >= 0.3 is 0 Å². The molecule has 1 aromatic rings. The highest BCUT2D eigenvalue weighted by atomic mass is 16.2. The van der Waals surface area contributed by atoms with Crippen molar-refractivity contribution in [1.29, 1.82) is 5.26 Å². The van der Waals surface area contributed by atoms with Gasteiger partial charge in [0.25, 0.3) is 0 Å². The molecule has 5 heteroatoms. The molecule has 1 N–H and O–H groups in total. The number of hydrogen-bond donors (Lipinski definition) is 1. The summed E-state index contributed by atoms with van der Waals surface area (Å²) in [6.45, 7) is 2.83. The number of carbonyl (C=O) groups excluding carboxylic acids is 2. The molecule has 0 aromatic heterocycles. The Morgan fingerprint density at radius 2 is 2.29 bits per heavy atom. The number of anilines is 1. The highest BCUT2D eigenvalue weighted by Gasteiger charge is 2.22. The van der Waals surface area contributed by atoms with Gasteiger partial charge in [-0.15, -0.1) is 0 Å². The summed E-state index contributed by atoms with van der Waals surface area (Å²) in [5, 5.41) is 11.6. The summed E-state index contributed by atoms with van der Waals surface area (Å²) in [5.74, 6) is 0.336. The van der Waals surface area contributed by atoms with E-state index in [2.05, 4.69) is 12.2 Å². The Hall–Kier alpha value is -2.35. The van der Waals surface area contributed by atoms with Crippen LogP contribution >= 0.6 is 0 Å². The van der Waals surface area contributed by atoms with Crippen molar-refractivity contribution in [3.05, 3.63) is 29.8 Å². The first-order valence-corrected chi connectivity index (χ1v) is 7.16. The second-order valence-electron chi connectivity index (χ2n) is 5.49. The summed E-state index contributed by atoms with van der Waals surface area (Å²) in [6.07, 6.45) is 2.34. The first-order valence-electron chi connectivity index (χ1n) is 7.16. The maximum atomic E-state index is 12.0. The number of carbonyl (C=O) groups is 2. The van der Waals surface area contributed by atoms with Crippen LogP contribution in [0.25, 0.3) is 0 Å². The predicted octanol–water partition coefficient (Wildman–Crippen LogP) is 2.15. The summed E-state index contributed by atoms with van der Waals surface area (Å²) in [5.41, 5.74) is 1.07. The molecule has 5 nitrogen and oxygen atoms in total. The van der Waals surface area contributed by atoms with Crippen molar-refractivity contribution in [2.24, 2.45) is 5.92 Å². The minimum absolute atomic E-state index is 0.0419. The van der Waals surface area contributed by atoms with Gasteiger partial charge in [-0.05, 0) is 37.0 Å². The third-order valence-electron chi connectivity index (χ3n) is 3.71. The fourth-order valence-corrected chi connectivity index (χ4v) is 2.38. The number of rotatable bonds is 3. The van der Waals surface area contributed by atoms with Gasteiger partial charge in [0.15, 0.2) is 0 Å². The Kier molecular flexibility index (Phi) is 4.94. The predicted molar refractivity (Wildman–Crippen MR) is 79.4 cm³/mol. The smallest absolute Gasteiger partial charge is 0.243 e. The van der Waals surface area contributed by atoms with Crippen LogP contribution in [-0.4, -0.2) is 29.8 Å².